The molecule has 0 aliphatic carbocycles. The van der Waals surface area contributed by atoms with Crippen molar-refractivity contribution in [3.8, 4) is 22.2 Å². The zero-order valence-corrected chi connectivity index (χ0v) is 16.9. The van der Waals surface area contributed by atoms with Gasteiger partial charge in [0.15, 0.2) is 17.3 Å². The molecule has 3 rings (SSSR count). The number of aromatic nitrogens is 3. The van der Waals surface area contributed by atoms with Gasteiger partial charge < -0.3 is 9.47 Å². The number of benzene rings is 1. The van der Waals surface area contributed by atoms with Crippen molar-refractivity contribution in [3.63, 3.8) is 0 Å². The molecule has 0 radical (unpaired) electrons. The van der Waals surface area contributed by atoms with Crippen LogP contribution in [0.2, 0.25) is 0 Å². The minimum atomic E-state index is 0.546. The van der Waals surface area contributed by atoms with Gasteiger partial charge in [-0.1, -0.05) is 6.07 Å². The molecule has 0 saturated carbocycles. The standard InChI is InChI=1S/C18H22N4O2S2/c1-12-8-14(23-3)15(24-4)9-13(12)10-21(2)11-22-18(25)19-17(20-22)16-6-5-7-26-16/h5-9H,10-11H2,1-4H3,(H,19,20,25). The maximum absolute atomic E-state index is 5.42. The highest BCUT2D eigenvalue weighted by Gasteiger charge is 2.12. The van der Waals surface area contributed by atoms with Gasteiger partial charge in [-0.05, 0) is 60.9 Å². The van der Waals surface area contributed by atoms with E-state index in [0.717, 1.165) is 34.3 Å². The van der Waals surface area contributed by atoms with Gasteiger partial charge in [0.1, 0.15) is 0 Å². The number of rotatable bonds is 7. The first-order valence-corrected chi connectivity index (χ1v) is 9.41. The summed E-state index contributed by atoms with van der Waals surface area (Å²) in [5.41, 5.74) is 2.33. The summed E-state index contributed by atoms with van der Waals surface area (Å²) in [5, 5.41) is 5.31. The Hall–Kier alpha value is -2.16. The van der Waals surface area contributed by atoms with Crippen LogP contribution in [0.25, 0.3) is 10.7 Å². The van der Waals surface area contributed by atoms with Crippen LogP contribution >= 0.6 is 23.6 Å². The van der Waals surface area contributed by atoms with E-state index in [1.54, 1.807) is 25.6 Å². The van der Waals surface area contributed by atoms with Crippen molar-refractivity contribution in [1.29, 1.82) is 0 Å². The number of nitrogens with one attached hydrogen (secondary N) is 1. The number of hydrogen-bond acceptors (Lipinski definition) is 6. The number of nitrogens with zero attached hydrogens (tertiary/aromatic N) is 3. The van der Waals surface area contributed by atoms with E-state index in [1.165, 1.54) is 5.56 Å². The van der Waals surface area contributed by atoms with E-state index in [-0.39, 0.29) is 0 Å². The molecule has 0 spiro atoms. The van der Waals surface area contributed by atoms with E-state index in [1.807, 2.05) is 41.4 Å². The quantitative estimate of drug-likeness (QED) is 0.616. The summed E-state index contributed by atoms with van der Waals surface area (Å²) in [7, 11) is 5.34. The van der Waals surface area contributed by atoms with Gasteiger partial charge in [0, 0.05) is 6.54 Å². The van der Waals surface area contributed by atoms with Gasteiger partial charge in [-0.25, -0.2) is 4.68 Å². The zero-order chi connectivity index (χ0) is 18.7. The summed E-state index contributed by atoms with van der Waals surface area (Å²) < 4.78 is 13.2. The number of H-pyrrole nitrogens is 1. The lowest BCUT2D eigenvalue weighted by atomic mass is 10.1. The van der Waals surface area contributed by atoms with Crippen molar-refractivity contribution in [2.75, 3.05) is 21.3 Å². The van der Waals surface area contributed by atoms with Gasteiger partial charge in [0.2, 0.25) is 4.77 Å². The lowest BCUT2D eigenvalue weighted by molar-refractivity contribution is 0.243. The minimum Gasteiger partial charge on any atom is -0.493 e. The number of thiophene rings is 1. The van der Waals surface area contributed by atoms with Gasteiger partial charge in [-0.3, -0.25) is 10.00 Å². The van der Waals surface area contributed by atoms with Crippen molar-refractivity contribution < 1.29 is 9.47 Å². The third kappa shape index (κ3) is 3.98. The molecule has 8 heteroatoms. The molecule has 138 valence electrons. The highest BCUT2D eigenvalue weighted by Crippen LogP contribution is 2.30. The number of aryl methyl sites for hydroxylation is 1. The number of hydrogen-bond donors (Lipinski definition) is 1. The van der Waals surface area contributed by atoms with Gasteiger partial charge in [0.05, 0.1) is 25.8 Å². The van der Waals surface area contributed by atoms with Crippen LogP contribution in [0, 0.1) is 11.7 Å². The largest absolute Gasteiger partial charge is 0.493 e. The van der Waals surface area contributed by atoms with Gasteiger partial charge in [0.25, 0.3) is 0 Å². The molecular weight excluding hydrogens is 368 g/mol. The highest BCUT2D eigenvalue weighted by atomic mass is 32.1. The van der Waals surface area contributed by atoms with E-state index in [4.69, 9.17) is 21.7 Å². The molecule has 0 saturated heterocycles. The first-order valence-electron chi connectivity index (χ1n) is 8.12. The van der Waals surface area contributed by atoms with Crippen molar-refractivity contribution in [2.45, 2.75) is 20.1 Å². The predicted octanol–water partition coefficient (Wildman–Crippen LogP) is 4.08. The first-order chi connectivity index (χ1) is 12.5. The molecular formula is C18H22N4O2S2. The van der Waals surface area contributed by atoms with Crippen LogP contribution in [0.3, 0.4) is 0 Å². The number of ether oxygens (including phenoxy) is 2. The Balaban J connectivity index is 1.75. The summed E-state index contributed by atoms with van der Waals surface area (Å²) in [6, 6.07) is 8.05. The second-order valence-corrected chi connectivity index (χ2v) is 7.36. The number of methoxy groups -OCH3 is 2. The van der Waals surface area contributed by atoms with Crippen molar-refractivity contribution >= 4 is 23.6 Å². The molecule has 2 heterocycles. The second kappa shape index (κ2) is 8.03. The first kappa shape index (κ1) is 18.6. The monoisotopic (exact) mass is 390 g/mol. The van der Waals surface area contributed by atoms with E-state index in [2.05, 4.69) is 21.9 Å². The Labute approximate surface area is 162 Å². The summed E-state index contributed by atoms with van der Waals surface area (Å²) in [4.78, 5) is 7.69. The second-order valence-electron chi connectivity index (χ2n) is 6.05. The molecule has 0 aliphatic rings. The van der Waals surface area contributed by atoms with E-state index < -0.39 is 0 Å². The average Bonchev–Trinajstić information content (AvgIpc) is 3.26. The molecule has 1 aromatic carbocycles. The maximum Gasteiger partial charge on any atom is 0.217 e. The fourth-order valence-electron chi connectivity index (χ4n) is 2.75. The fourth-order valence-corrected chi connectivity index (χ4v) is 3.61. The van der Waals surface area contributed by atoms with Crippen LogP contribution in [-0.4, -0.2) is 40.9 Å². The van der Waals surface area contributed by atoms with E-state index in [9.17, 15) is 0 Å². The topological polar surface area (TPSA) is 55.3 Å². The predicted molar refractivity (Wildman–Crippen MR) is 106 cm³/mol. The molecule has 0 unspecified atom stereocenters. The summed E-state index contributed by atoms with van der Waals surface area (Å²) in [6.45, 7) is 3.44. The Morgan fingerprint density at radius 1 is 1.27 bits per heavy atom. The molecule has 0 amide bonds. The van der Waals surface area contributed by atoms with Crippen molar-refractivity contribution in [1.82, 2.24) is 19.7 Å². The molecule has 0 bridgehead atoms. The maximum atomic E-state index is 5.42. The summed E-state index contributed by atoms with van der Waals surface area (Å²) >= 11 is 7.03. The smallest absolute Gasteiger partial charge is 0.217 e. The lowest BCUT2D eigenvalue weighted by Crippen LogP contribution is -2.23. The van der Waals surface area contributed by atoms with Crippen molar-refractivity contribution in [2.24, 2.45) is 0 Å². The SMILES string of the molecule is COc1cc(C)c(CN(C)Cn2[nH]c(-c3cccs3)nc2=S)cc1OC. The highest BCUT2D eigenvalue weighted by molar-refractivity contribution is 7.71. The van der Waals surface area contributed by atoms with Gasteiger partial charge >= 0.3 is 0 Å². The normalized spacial score (nSPS) is 11.1. The Kier molecular flexibility index (Phi) is 5.75. The Morgan fingerprint density at radius 2 is 2.00 bits per heavy atom. The van der Waals surface area contributed by atoms with Crippen LogP contribution < -0.4 is 9.47 Å². The summed E-state index contributed by atoms with van der Waals surface area (Å²) in [5.74, 6) is 2.29. The average molecular weight is 391 g/mol. The third-order valence-electron chi connectivity index (χ3n) is 4.10. The van der Waals surface area contributed by atoms with Gasteiger partial charge in [-0.2, -0.15) is 4.98 Å². The molecule has 0 aliphatic heterocycles. The van der Waals surface area contributed by atoms with E-state index >= 15 is 0 Å². The molecule has 0 fully saturated rings. The van der Waals surface area contributed by atoms with Crippen molar-refractivity contribution in [3.05, 3.63) is 45.5 Å². The molecule has 26 heavy (non-hydrogen) atoms. The van der Waals surface area contributed by atoms with Gasteiger partial charge in [-0.15, -0.1) is 11.3 Å². The molecule has 1 N–H and O–H groups in total. The zero-order valence-electron chi connectivity index (χ0n) is 15.3. The fraction of sp³-hybridized carbons (Fsp3) is 0.333. The van der Waals surface area contributed by atoms with Crippen LogP contribution in [0.15, 0.2) is 29.6 Å². The van der Waals surface area contributed by atoms with Crippen LogP contribution in [0.5, 0.6) is 11.5 Å². The summed E-state index contributed by atoms with van der Waals surface area (Å²) in [6.07, 6.45) is 0. The Bertz CT molecular complexity index is 931. The van der Waals surface area contributed by atoms with E-state index in [0.29, 0.717) is 11.4 Å². The lowest BCUT2D eigenvalue weighted by Gasteiger charge is -2.19. The molecule has 2 aromatic heterocycles. The van der Waals surface area contributed by atoms with Crippen LogP contribution in [-0.2, 0) is 13.2 Å². The number of aromatic amines is 1. The Morgan fingerprint density at radius 3 is 2.65 bits per heavy atom. The molecule has 6 nitrogen and oxygen atoms in total. The van der Waals surface area contributed by atoms with Crippen LogP contribution in [0.1, 0.15) is 11.1 Å². The molecule has 3 aromatic rings. The van der Waals surface area contributed by atoms with Crippen LogP contribution in [0.4, 0.5) is 0 Å². The third-order valence-corrected chi connectivity index (χ3v) is 5.29. The minimum absolute atomic E-state index is 0.546. The molecule has 0 atom stereocenters.